The Bertz CT molecular complexity index is 486. The van der Waals surface area contributed by atoms with E-state index in [-0.39, 0.29) is 11.1 Å². The van der Waals surface area contributed by atoms with Crippen molar-refractivity contribution in [3.8, 4) is 0 Å². The Morgan fingerprint density at radius 2 is 2.18 bits per heavy atom. The molecule has 1 aromatic heterocycles. The van der Waals surface area contributed by atoms with Crippen molar-refractivity contribution in [2.75, 3.05) is 6.54 Å². The van der Waals surface area contributed by atoms with Crippen molar-refractivity contribution < 1.29 is 4.79 Å². The topological polar surface area (TPSA) is 33.2 Å². The van der Waals surface area contributed by atoms with Gasteiger partial charge < -0.3 is 4.90 Å². The zero-order valence-electron chi connectivity index (χ0n) is 9.25. The van der Waals surface area contributed by atoms with E-state index in [4.69, 9.17) is 23.2 Å². The molecule has 0 radical (unpaired) electrons. The molecule has 0 saturated heterocycles. The molecule has 2 aliphatic rings. The number of hydrogen-bond donors (Lipinski definition) is 0. The van der Waals surface area contributed by atoms with E-state index in [1.165, 1.54) is 12.8 Å². The summed E-state index contributed by atoms with van der Waals surface area (Å²) in [5.74, 6) is 0.818. The van der Waals surface area contributed by atoms with E-state index in [0.29, 0.717) is 17.3 Å². The van der Waals surface area contributed by atoms with E-state index in [1.807, 2.05) is 4.90 Å². The van der Waals surface area contributed by atoms with Crippen molar-refractivity contribution in [1.82, 2.24) is 9.88 Å². The maximum atomic E-state index is 12.1. The van der Waals surface area contributed by atoms with Gasteiger partial charge in [-0.05, 0) is 24.0 Å². The number of rotatable bonds is 3. The SMILES string of the molecule is O=C1c2c(cc(Cl)nc2Cl)CN1CCC1CC1. The number of fused-ring (bicyclic) bond motifs is 1. The summed E-state index contributed by atoms with van der Waals surface area (Å²) in [7, 11) is 0. The van der Waals surface area contributed by atoms with Crippen LogP contribution in [0.25, 0.3) is 0 Å². The molecule has 0 N–H and O–H groups in total. The van der Waals surface area contributed by atoms with E-state index in [1.54, 1.807) is 6.07 Å². The normalized spacial score (nSPS) is 18.7. The summed E-state index contributed by atoms with van der Waals surface area (Å²) in [6, 6.07) is 1.73. The second-order valence-corrected chi connectivity index (χ2v) is 5.47. The number of carbonyl (C=O) groups is 1. The standard InChI is InChI=1S/C12H12Cl2N2O/c13-9-5-8-6-16(4-3-7-1-2-7)12(17)10(8)11(14)15-9/h5,7H,1-4,6H2. The maximum Gasteiger partial charge on any atom is 0.257 e. The second kappa shape index (κ2) is 4.14. The van der Waals surface area contributed by atoms with E-state index in [9.17, 15) is 4.79 Å². The number of aromatic nitrogens is 1. The molecule has 1 aliphatic heterocycles. The van der Waals surface area contributed by atoms with Crippen LogP contribution in [0, 0.1) is 5.92 Å². The quantitative estimate of drug-likeness (QED) is 0.791. The lowest BCUT2D eigenvalue weighted by Crippen LogP contribution is -2.25. The lowest BCUT2D eigenvalue weighted by atomic mass is 10.2. The molecule has 3 rings (SSSR count). The smallest absolute Gasteiger partial charge is 0.257 e. The van der Waals surface area contributed by atoms with Crippen LogP contribution in [0.5, 0.6) is 0 Å². The lowest BCUT2D eigenvalue weighted by Gasteiger charge is -2.14. The van der Waals surface area contributed by atoms with Gasteiger partial charge in [0.1, 0.15) is 10.3 Å². The number of hydrogen-bond acceptors (Lipinski definition) is 2. The summed E-state index contributed by atoms with van der Waals surface area (Å²) in [5.41, 5.74) is 1.43. The highest BCUT2D eigenvalue weighted by molar-refractivity contribution is 6.35. The summed E-state index contributed by atoms with van der Waals surface area (Å²) in [4.78, 5) is 17.9. The second-order valence-electron chi connectivity index (χ2n) is 4.73. The van der Waals surface area contributed by atoms with Gasteiger partial charge in [0.2, 0.25) is 0 Å². The Hall–Kier alpha value is -0.800. The molecule has 2 heterocycles. The summed E-state index contributed by atoms with van der Waals surface area (Å²) < 4.78 is 0. The van der Waals surface area contributed by atoms with Crippen LogP contribution in [0.4, 0.5) is 0 Å². The van der Waals surface area contributed by atoms with Gasteiger partial charge in [-0.25, -0.2) is 4.98 Å². The van der Waals surface area contributed by atoms with Gasteiger partial charge in [0, 0.05) is 13.1 Å². The predicted octanol–water partition coefficient (Wildman–Crippen LogP) is 3.14. The molecular formula is C12H12Cl2N2O. The Labute approximate surface area is 110 Å². The zero-order chi connectivity index (χ0) is 12.0. The van der Waals surface area contributed by atoms with E-state index in [2.05, 4.69) is 4.98 Å². The third-order valence-corrected chi connectivity index (χ3v) is 3.86. The number of halogens is 2. The van der Waals surface area contributed by atoms with Crippen molar-refractivity contribution in [3.63, 3.8) is 0 Å². The minimum atomic E-state index is -0.00480. The first-order chi connectivity index (χ1) is 8.15. The molecule has 1 fully saturated rings. The molecule has 3 nitrogen and oxygen atoms in total. The highest BCUT2D eigenvalue weighted by Crippen LogP contribution is 2.35. The van der Waals surface area contributed by atoms with Crippen molar-refractivity contribution >= 4 is 29.1 Å². The molecule has 1 amide bonds. The molecular weight excluding hydrogens is 259 g/mol. The van der Waals surface area contributed by atoms with Gasteiger partial charge in [0.15, 0.2) is 0 Å². The molecule has 0 atom stereocenters. The van der Waals surface area contributed by atoms with Crippen LogP contribution in [0.1, 0.15) is 35.2 Å². The van der Waals surface area contributed by atoms with Crippen LogP contribution in [-0.4, -0.2) is 22.3 Å². The van der Waals surface area contributed by atoms with Gasteiger partial charge in [0.05, 0.1) is 5.56 Å². The van der Waals surface area contributed by atoms with Crippen LogP contribution in [0.15, 0.2) is 6.07 Å². The Balaban J connectivity index is 1.81. The average molecular weight is 271 g/mol. The summed E-state index contributed by atoms with van der Waals surface area (Å²) in [6.45, 7) is 1.43. The third-order valence-electron chi connectivity index (χ3n) is 3.39. The Morgan fingerprint density at radius 1 is 1.41 bits per heavy atom. The Morgan fingerprint density at radius 3 is 2.88 bits per heavy atom. The highest BCUT2D eigenvalue weighted by Gasteiger charge is 2.32. The van der Waals surface area contributed by atoms with Crippen LogP contribution in [0.2, 0.25) is 10.3 Å². The largest absolute Gasteiger partial charge is 0.334 e. The van der Waals surface area contributed by atoms with Crippen molar-refractivity contribution in [1.29, 1.82) is 0 Å². The maximum absolute atomic E-state index is 12.1. The molecule has 17 heavy (non-hydrogen) atoms. The number of amides is 1. The predicted molar refractivity (Wildman–Crippen MR) is 66.3 cm³/mol. The summed E-state index contributed by atoms with van der Waals surface area (Å²) in [5, 5.41) is 0.581. The molecule has 1 aliphatic carbocycles. The fourth-order valence-corrected chi connectivity index (χ4v) is 2.79. The van der Waals surface area contributed by atoms with Gasteiger partial charge in [0.25, 0.3) is 5.91 Å². The minimum Gasteiger partial charge on any atom is -0.334 e. The third kappa shape index (κ3) is 2.14. The van der Waals surface area contributed by atoms with Gasteiger partial charge >= 0.3 is 0 Å². The number of pyridine rings is 1. The number of carbonyl (C=O) groups excluding carboxylic acids is 1. The molecule has 90 valence electrons. The first-order valence-corrected chi connectivity index (χ1v) is 6.55. The van der Waals surface area contributed by atoms with Gasteiger partial charge in [-0.1, -0.05) is 36.0 Å². The lowest BCUT2D eigenvalue weighted by molar-refractivity contribution is 0.0774. The molecule has 1 aromatic rings. The first-order valence-electron chi connectivity index (χ1n) is 5.79. The van der Waals surface area contributed by atoms with Gasteiger partial charge in [-0.2, -0.15) is 0 Å². The van der Waals surface area contributed by atoms with Crippen molar-refractivity contribution in [3.05, 3.63) is 27.5 Å². The van der Waals surface area contributed by atoms with E-state index in [0.717, 1.165) is 24.4 Å². The monoisotopic (exact) mass is 270 g/mol. The first kappa shape index (κ1) is 11.3. The number of nitrogens with zero attached hydrogens (tertiary/aromatic N) is 2. The van der Waals surface area contributed by atoms with Crippen LogP contribution >= 0.6 is 23.2 Å². The molecule has 5 heteroatoms. The van der Waals surface area contributed by atoms with Crippen molar-refractivity contribution in [2.24, 2.45) is 5.92 Å². The fourth-order valence-electron chi connectivity index (χ4n) is 2.24. The van der Waals surface area contributed by atoms with E-state index < -0.39 is 0 Å². The van der Waals surface area contributed by atoms with Crippen molar-refractivity contribution in [2.45, 2.75) is 25.8 Å². The summed E-state index contributed by atoms with van der Waals surface area (Å²) in [6.07, 6.45) is 3.71. The minimum absolute atomic E-state index is 0.00480. The summed E-state index contributed by atoms with van der Waals surface area (Å²) >= 11 is 11.8. The highest BCUT2D eigenvalue weighted by atomic mass is 35.5. The average Bonchev–Trinajstić information content (AvgIpc) is 3.01. The molecule has 0 aromatic carbocycles. The van der Waals surface area contributed by atoms with Gasteiger partial charge in [-0.15, -0.1) is 0 Å². The molecule has 0 bridgehead atoms. The van der Waals surface area contributed by atoms with Crippen LogP contribution in [0.3, 0.4) is 0 Å². The van der Waals surface area contributed by atoms with Crippen LogP contribution in [-0.2, 0) is 6.54 Å². The Kier molecular flexibility index (Phi) is 2.75. The van der Waals surface area contributed by atoms with Crippen LogP contribution < -0.4 is 0 Å². The zero-order valence-corrected chi connectivity index (χ0v) is 10.8. The molecule has 0 unspecified atom stereocenters. The molecule has 1 saturated carbocycles. The van der Waals surface area contributed by atoms with Gasteiger partial charge in [-0.3, -0.25) is 4.79 Å². The fraction of sp³-hybridized carbons (Fsp3) is 0.500. The van der Waals surface area contributed by atoms with E-state index >= 15 is 0 Å². The molecule has 0 spiro atoms.